The van der Waals surface area contributed by atoms with E-state index in [0.717, 1.165) is 25.1 Å². The fourth-order valence-electron chi connectivity index (χ4n) is 1.52. The highest BCUT2D eigenvalue weighted by Crippen LogP contribution is 2.15. The predicted octanol–water partition coefficient (Wildman–Crippen LogP) is 1.43. The maximum atomic E-state index is 5.87. The van der Waals surface area contributed by atoms with Crippen LogP contribution in [0.5, 0.6) is 6.01 Å². The smallest absolute Gasteiger partial charge is 0.317 e. The second-order valence-electron chi connectivity index (χ2n) is 3.80. The van der Waals surface area contributed by atoms with Crippen molar-refractivity contribution >= 4 is 11.6 Å². The highest BCUT2D eigenvalue weighted by Gasteiger charge is 2.15. The summed E-state index contributed by atoms with van der Waals surface area (Å²) < 4.78 is 5.48. The maximum absolute atomic E-state index is 5.87. The van der Waals surface area contributed by atoms with Gasteiger partial charge in [-0.15, -0.1) is 0 Å². The fourth-order valence-corrected chi connectivity index (χ4v) is 1.65. The average Bonchev–Trinajstić information content (AvgIpc) is 2.73. The molecule has 15 heavy (non-hydrogen) atoms. The first-order valence-corrected chi connectivity index (χ1v) is 5.46. The lowest BCUT2D eigenvalue weighted by Crippen LogP contribution is -2.16. The first-order valence-electron chi connectivity index (χ1n) is 5.08. The lowest BCUT2D eigenvalue weighted by molar-refractivity contribution is 0.241. The van der Waals surface area contributed by atoms with Crippen LogP contribution in [0.1, 0.15) is 12.0 Å². The molecule has 2 rings (SSSR count). The predicted molar refractivity (Wildman–Crippen MR) is 58.3 cm³/mol. The molecular formula is C10H14ClN3O. The molecule has 82 valence electrons. The Balaban J connectivity index is 1.90. The van der Waals surface area contributed by atoms with Gasteiger partial charge in [-0.05, 0) is 19.9 Å². The van der Waals surface area contributed by atoms with E-state index in [9.17, 15) is 0 Å². The molecule has 0 spiro atoms. The van der Waals surface area contributed by atoms with Gasteiger partial charge in [-0.25, -0.2) is 4.98 Å². The molecular weight excluding hydrogens is 214 g/mol. The molecule has 0 bridgehead atoms. The van der Waals surface area contributed by atoms with E-state index in [2.05, 4.69) is 15.3 Å². The van der Waals surface area contributed by atoms with Crippen molar-refractivity contribution in [3.8, 4) is 6.01 Å². The van der Waals surface area contributed by atoms with Crippen LogP contribution in [-0.2, 0) is 0 Å². The van der Waals surface area contributed by atoms with Crippen molar-refractivity contribution in [3.05, 3.63) is 16.9 Å². The summed E-state index contributed by atoms with van der Waals surface area (Å²) in [7, 11) is 0. The summed E-state index contributed by atoms with van der Waals surface area (Å²) >= 11 is 5.87. The quantitative estimate of drug-likeness (QED) is 0.794. The van der Waals surface area contributed by atoms with E-state index in [4.69, 9.17) is 16.3 Å². The van der Waals surface area contributed by atoms with Gasteiger partial charge in [0.2, 0.25) is 0 Å². The number of halogens is 1. The summed E-state index contributed by atoms with van der Waals surface area (Å²) in [5.74, 6) is 0.564. The topological polar surface area (TPSA) is 47.0 Å². The lowest BCUT2D eigenvalue weighted by Gasteiger charge is -2.09. The van der Waals surface area contributed by atoms with Gasteiger partial charge in [0.05, 0.1) is 6.61 Å². The second-order valence-corrected chi connectivity index (χ2v) is 4.15. The van der Waals surface area contributed by atoms with E-state index in [1.165, 1.54) is 0 Å². The molecule has 1 fully saturated rings. The Hall–Kier alpha value is -0.870. The molecule has 0 amide bonds. The van der Waals surface area contributed by atoms with E-state index in [1.807, 2.05) is 6.92 Å². The van der Waals surface area contributed by atoms with E-state index in [1.54, 1.807) is 6.20 Å². The van der Waals surface area contributed by atoms with Gasteiger partial charge in [0.15, 0.2) is 0 Å². The van der Waals surface area contributed by atoms with Crippen LogP contribution in [0, 0.1) is 12.8 Å². The zero-order valence-corrected chi connectivity index (χ0v) is 9.42. The molecule has 1 aromatic rings. The molecule has 0 saturated carbocycles. The monoisotopic (exact) mass is 227 g/mol. The number of rotatable bonds is 3. The SMILES string of the molecule is Cc1cnc(OC[C@H]2CCNC2)nc1Cl. The minimum atomic E-state index is 0.373. The number of ether oxygens (including phenoxy) is 1. The average molecular weight is 228 g/mol. The summed E-state index contributed by atoms with van der Waals surface area (Å²) in [5.41, 5.74) is 0.867. The van der Waals surface area contributed by atoms with Crippen LogP contribution >= 0.6 is 11.6 Å². The van der Waals surface area contributed by atoms with E-state index < -0.39 is 0 Å². The third kappa shape index (κ3) is 2.79. The summed E-state index contributed by atoms with van der Waals surface area (Å²) in [6.45, 7) is 4.61. The second kappa shape index (κ2) is 4.77. The summed E-state index contributed by atoms with van der Waals surface area (Å²) in [6, 6.07) is 0.373. The molecule has 1 aromatic heterocycles. The Bertz CT molecular complexity index is 339. The molecule has 1 saturated heterocycles. The Kier molecular flexibility index (Phi) is 3.38. The largest absolute Gasteiger partial charge is 0.463 e. The maximum Gasteiger partial charge on any atom is 0.317 e. The van der Waals surface area contributed by atoms with Crippen molar-refractivity contribution in [1.29, 1.82) is 0 Å². The third-order valence-corrected chi connectivity index (χ3v) is 2.88. The Morgan fingerprint density at radius 1 is 1.67 bits per heavy atom. The number of hydrogen-bond donors (Lipinski definition) is 1. The molecule has 1 atom stereocenters. The highest BCUT2D eigenvalue weighted by atomic mass is 35.5. The number of hydrogen-bond acceptors (Lipinski definition) is 4. The number of nitrogens with one attached hydrogen (secondary N) is 1. The third-order valence-electron chi connectivity index (χ3n) is 2.50. The molecule has 5 heteroatoms. The van der Waals surface area contributed by atoms with Gasteiger partial charge in [0.25, 0.3) is 0 Å². The Morgan fingerprint density at radius 3 is 3.20 bits per heavy atom. The standard InChI is InChI=1S/C10H14ClN3O/c1-7-4-13-10(14-9(7)11)15-6-8-2-3-12-5-8/h4,8,12H,2-3,5-6H2,1H3/t8-/m0/s1. The molecule has 0 unspecified atom stereocenters. The summed E-state index contributed by atoms with van der Waals surface area (Å²) in [6.07, 6.45) is 2.83. The minimum absolute atomic E-state index is 0.373. The molecule has 2 heterocycles. The van der Waals surface area contributed by atoms with Crippen LogP contribution < -0.4 is 10.1 Å². The van der Waals surface area contributed by atoms with Crippen LogP contribution in [0.4, 0.5) is 0 Å². The zero-order valence-electron chi connectivity index (χ0n) is 8.66. The van der Waals surface area contributed by atoms with Crippen LogP contribution in [0.3, 0.4) is 0 Å². The summed E-state index contributed by atoms with van der Waals surface area (Å²) in [5, 5.41) is 3.74. The Labute approximate surface area is 94.0 Å². The van der Waals surface area contributed by atoms with Gasteiger partial charge >= 0.3 is 6.01 Å². The van der Waals surface area contributed by atoms with Gasteiger partial charge in [0, 0.05) is 24.2 Å². The molecule has 0 aromatic carbocycles. The van der Waals surface area contributed by atoms with Gasteiger partial charge in [0.1, 0.15) is 5.15 Å². The zero-order chi connectivity index (χ0) is 10.7. The van der Waals surface area contributed by atoms with Crippen molar-refractivity contribution in [3.63, 3.8) is 0 Å². The molecule has 0 radical (unpaired) electrons. The van der Waals surface area contributed by atoms with E-state index in [-0.39, 0.29) is 0 Å². The van der Waals surface area contributed by atoms with Crippen LogP contribution in [0.25, 0.3) is 0 Å². The first-order chi connectivity index (χ1) is 7.25. The van der Waals surface area contributed by atoms with Gasteiger partial charge in [-0.3, -0.25) is 0 Å². The Morgan fingerprint density at radius 2 is 2.53 bits per heavy atom. The van der Waals surface area contributed by atoms with Gasteiger partial charge < -0.3 is 10.1 Å². The van der Waals surface area contributed by atoms with E-state index >= 15 is 0 Å². The lowest BCUT2D eigenvalue weighted by atomic mass is 10.1. The van der Waals surface area contributed by atoms with Gasteiger partial charge in [-0.2, -0.15) is 4.98 Å². The van der Waals surface area contributed by atoms with Crippen LogP contribution in [-0.4, -0.2) is 29.7 Å². The van der Waals surface area contributed by atoms with Crippen molar-refractivity contribution in [2.24, 2.45) is 5.92 Å². The molecule has 1 N–H and O–H groups in total. The minimum Gasteiger partial charge on any atom is -0.463 e. The highest BCUT2D eigenvalue weighted by molar-refractivity contribution is 6.30. The summed E-state index contributed by atoms with van der Waals surface area (Å²) in [4.78, 5) is 8.11. The van der Waals surface area contributed by atoms with Gasteiger partial charge in [-0.1, -0.05) is 11.6 Å². The molecule has 1 aliphatic rings. The van der Waals surface area contributed by atoms with E-state index in [0.29, 0.717) is 23.7 Å². The van der Waals surface area contributed by atoms with Crippen molar-refractivity contribution in [2.75, 3.05) is 19.7 Å². The van der Waals surface area contributed by atoms with Crippen LogP contribution in [0.2, 0.25) is 5.15 Å². The van der Waals surface area contributed by atoms with Crippen molar-refractivity contribution < 1.29 is 4.74 Å². The number of aryl methyl sites for hydroxylation is 1. The number of nitrogens with zero attached hydrogens (tertiary/aromatic N) is 2. The normalized spacial score (nSPS) is 20.5. The number of aromatic nitrogens is 2. The first kappa shape index (κ1) is 10.6. The fraction of sp³-hybridized carbons (Fsp3) is 0.600. The van der Waals surface area contributed by atoms with Crippen molar-refractivity contribution in [2.45, 2.75) is 13.3 Å². The van der Waals surface area contributed by atoms with Crippen molar-refractivity contribution in [1.82, 2.24) is 15.3 Å². The van der Waals surface area contributed by atoms with Crippen LogP contribution in [0.15, 0.2) is 6.20 Å². The molecule has 4 nitrogen and oxygen atoms in total. The molecule has 1 aliphatic heterocycles. The molecule has 0 aliphatic carbocycles.